The van der Waals surface area contributed by atoms with Gasteiger partial charge in [-0.3, -0.25) is 9.36 Å². The zero-order valence-electron chi connectivity index (χ0n) is 16.6. The van der Waals surface area contributed by atoms with Crippen LogP contribution in [0.25, 0.3) is 5.69 Å². The van der Waals surface area contributed by atoms with E-state index < -0.39 is 0 Å². The highest BCUT2D eigenvalue weighted by Gasteiger charge is 2.24. The van der Waals surface area contributed by atoms with Crippen LogP contribution >= 0.6 is 11.8 Å². The number of hydrogen-bond donors (Lipinski definition) is 0. The van der Waals surface area contributed by atoms with E-state index in [4.69, 9.17) is 0 Å². The summed E-state index contributed by atoms with van der Waals surface area (Å²) in [7, 11) is 0. The Labute approximate surface area is 166 Å². The van der Waals surface area contributed by atoms with Crippen molar-refractivity contribution in [3.8, 4) is 5.69 Å². The third kappa shape index (κ3) is 4.92. The lowest BCUT2D eigenvalue weighted by atomic mass is 9.94. The standard InChI is InChI=1S/C21H30N4OS/c1-4-24(18-8-6-5-7-9-18)20(26)14-27-21-23-22-15-25(21)19-12-10-17(11-13-19)16(2)3/h10-13,15-16,18H,4-9,14H2,1-3H3. The van der Waals surface area contributed by atoms with Crippen LogP contribution in [0.5, 0.6) is 0 Å². The second-order valence-electron chi connectivity index (χ2n) is 7.49. The minimum atomic E-state index is 0.208. The van der Waals surface area contributed by atoms with Crippen LogP contribution in [0.4, 0.5) is 0 Å². The van der Waals surface area contributed by atoms with Crippen LogP contribution in [0.2, 0.25) is 0 Å². The minimum absolute atomic E-state index is 0.208. The van der Waals surface area contributed by atoms with Crippen molar-refractivity contribution in [1.82, 2.24) is 19.7 Å². The Bertz CT molecular complexity index is 735. The maximum atomic E-state index is 12.8. The molecule has 0 radical (unpaired) electrons. The molecule has 1 aromatic heterocycles. The van der Waals surface area contributed by atoms with Crippen LogP contribution in [0, 0.1) is 0 Å². The number of nitrogens with zero attached hydrogens (tertiary/aromatic N) is 4. The predicted molar refractivity (Wildman–Crippen MR) is 110 cm³/mol. The van der Waals surface area contributed by atoms with E-state index in [-0.39, 0.29) is 5.91 Å². The maximum Gasteiger partial charge on any atom is 0.233 e. The van der Waals surface area contributed by atoms with Gasteiger partial charge in [-0.05, 0) is 43.4 Å². The first-order valence-electron chi connectivity index (χ1n) is 10.0. The first kappa shape index (κ1) is 19.9. The molecule has 0 saturated heterocycles. The van der Waals surface area contributed by atoms with Crippen molar-refractivity contribution >= 4 is 17.7 Å². The molecule has 0 atom stereocenters. The van der Waals surface area contributed by atoms with Crippen LogP contribution in [0.3, 0.4) is 0 Å². The van der Waals surface area contributed by atoms with Gasteiger partial charge < -0.3 is 4.90 Å². The quantitative estimate of drug-likeness (QED) is 0.649. The zero-order valence-corrected chi connectivity index (χ0v) is 17.4. The number of carbonyl (C=O) groups excluding carboxylic acids is 1. The Morgan fingerprint density at radius 2 is 1.93 bits per heavy atom. The van der Waals surface area contributed by atoms with Gasteiger partial charge in [0.25, 0.3) is 0 Å². The summed E-state index contributed by atoms with van der Waals surface area (Å²) in [6, 6.07) is 8.87. The topological polar surface area (TPSA) is 51.0 Å². The fraction of sp³-hybridized carbons (Fsp3) is 0.571. The Morgan fingerprint density at radius 3 is 2.56 bits per heavy atom. The highest BCUT2D eigenvalue weighted by molar-refractivity contribution is 7.99. The van der Waals surface area contributed by atoms with Gasteiger partial charge >= 0.3 is 0 Å². The molecule has 0 spiro atoms. The molecule has 0 aliphatic heterocycles. The normalized spacial score (nSPS) is 15.3. The summed E-state index contributed by atoms with van der Waals surface area (Å²) in [4.78, 5) is 14.8. The summed E-state index contributed by atoms with van der Waals surface area (Å²) >= 11 is 1.47. The van der Waals surface area contributed by atoms with Crippen LogP contribution in [-0.4, -0.2) is 43.9 Å². The molecule has 5 nitrogen and oxygen atoms in total. The number of carbonyl (C=O) groups is 1. The number of benzene rings is 1. The van der Waals surface area contributed by atoms with Gasteiger partial charge in [-0.15, -0.1) is 10.2 Å². The maximum absolute atomic E-state index is 12.8. The molecule has 0 N–H and O–H groups in total. The highest BCUT2D eigenvalue weighted by atomic mass is 32.2. The fourth-order valence-electron chi connectivity index (χ4n) is 3.76. The molecule has 146 valence electrons. The number of hydrogen-bond acceptors (Lipinski definition) is 4. The molecule has 1 aliphatic rings. The van der Waals surface area contributed by atoms with Crippen molar-refractivity contribution in [3.05, 3.63) is 36.2 Å². The molecule has 3 rings (SSSR count). The van der Waals surface area contributed by atoms with Gasteiger partial charge in [0, 0.05) is 18.3 Å². The molecule has 1 aromatic carbocycles. The molecule has 0 unspecified atom stereocenters. The average Bonchev–Trinajstić information content (AvgIpc) is 3.16. The van der Waals surface area contributed by atoms with E-state index in [0.29, 0.717) is 17.7 Å². The van der Waals surface area contributed by atoms with Gasteiger partial charge in [0.15, 0.2) is 5.16 Å². The van der Waals surface area contributed by atoms with E-state index in [2.05, 4.69) is 60.1 Å². The van der Waals surface area contributed by atoms with E-state index in [1.165, 1.54) is 36.6 Å². The molecule has 1 saturated carbocycles. The first-order valence-corrected chi connectivity index (χ1v) is 11.0. The lowest BCUT2D eigenvalue weighted by molar-refractivity contribution is -0.131. The molecule has 1 fully saturated rings. The number of rotatable bonds is 7. The Hall–Kier alpha value is -1.82. The summed E-state index contributed by atoms with van der Waals surface area (Å²) in [6.45, 7) is 7.24. The van der Waals surface area contributed by atoms with Gasteiger partial charge in [-0.25, -0.2) is 0 Å². The van der Waals surface area contributed by atoms with Crippen molar-refractivity contribution in [2.45, 2.75) is 70.0 Å². The number of amides is 1. The van der Waals surface area contributed by atoms with Gasteiger partial charge in [-0.1, -0.05) is 57.0 Å². The molecule has 1 aliphatic carbocycles. The van der Waals surface area contributed by atoms with E-state index >= 15 is 0 Å². The largest absolute Gasteiger partial charge is 0.339 e. The van der Waals surface area contributed by atoms with Gasteiger partial charge in [0.2, 0.25) is 5.91 Å². The van der Waals surface area contributed by atoms with Crippen molar-refractivity contribution in [2.75, 3.05) is 12.3 Å². The van der Waals surface area contributed by atoms with Gasteiger partial charge in [0.1, 0.15) is 6.33 Å². The first-order chi connectivity index (χ1) is 13.1. The Morgan fingerprint density at radius 1 is 1.22 bits per heavy atom. The third-order valence-electron chi connectivity index (χ3n) is 5.36. The number of aromatic nitrogens is 3. The van der Waals surface area contributed by atoms with Crippen molar-refractivity contribution in [2.24, 2.45) is 0 Å². The van der Waals surface area contributed by atoms with Crippen molar-refractivity contribution < 1.29 is 4.79 Å². The molecule has 1 amide bonds. The second kappa shape index (κ2) is 9.40. The average molecular weight is 387 g/mol. The summed E-state index contributed by atoms with van der Waals surface area (Å²) in [5.74, 6) is 1.12. The highest BCUT2D eigenvalue weighted by Crippen LogP contribution is 2.25. The lowest BCUT2D eigenvalue weighted by Gasteiger charge is -2.33. The van der Waals surface area contributed by atoms with E-state index in [1.54, 1.807) is 6.33 Å². The monoisotopic (exact) mass is 386 g/mol. The van der Waals surface area contributed by atoms with E-state index in [1.807, 2.05) is 4.57 Å². The van der Waals surface area contributed by atoms with Crippen LogP contribution in [-0.2, 0) is 4.79 Å². The van der Waals surface area contributed by atoms with Crippen LogP contribution in [0.15, 0.2) is 35.7 Å². The molecular formula is C21H30N4OS. The SMILES string of the molecule is CCN(C(=O)CSc1nncn1-c1ccc(C(C)C)cc1)C1CCCCC1. The Balaban J connectivity index is 1.64. The summed E-state index contributed by atoms with van der Waals surface area (Å²) in [6.07, 6.45) is 7.78. The molecule has 27 heavy (non-hydrogen) atoms. The smallest absolute Gasteiger partial charge is 0.233 e. The summed E-state index contributed by atoms with van der Waals surface area (Å²) < 4.78 is 1.96. The van der Waals surface area contributed by atoms with Crippen LogP contribution < -0.4 is 0 Å². The van der Waals surface area contributed by atoms with Crippen molar-refractivity contribution in [3.63, 3.8) is 0 Å². The minimum Gasteiger partial charge on any atom is -0.339 e. The number of thioether (sulfide) groups is 1. The molecule has 6 heteroatoms. The van der Waals surface area contributed by atoms with Crippen LogP contribution in [0.1, 0.15) is 64.4 Å². The second-order valence-corrected chi connectivity index (χ2v) is 8.43. The summed E-state index contributed by atoms with van der Waals surface area (Å²) in [5, 5.41) is 9.05. The molecule has 1 heterocycles. The van der Waals surface area contributed by atoms with Crippen molar-refractivity contribution in [1.29, 1.82) is 0 Å². The predicted octanol–water partition coefficient (Wildman–Crippen LogP) is 4.66. The third-order valence-corrected chi connectivity index (χ3v) is 6.28. The van der Waals surface area contributed by atoms with E-state index in [9.17, 15) is 4.79 Å². The lowest BCUT2D eigenvalue weighted by Crippen LogP contribution is -2.42. The summed E-state index contributed by atoms with van der Waals surface area (Å²) in [5.41, 5.74) is 2.33. The molecule has 2 aromatic rings. The zero-order chi connectivity index (χ0) is 19.2. The van der Waals surface area contributed by atoms with Gasteiger partial charge in [-0.2, -0.15) is 0 Å². The van der Waals surface area contributed by atoms with Gasteiger partial charge in [0.05, 0.1) is 5.75 Å². The molecule has 0 bridgehead atoms. The molecular weight excluding hydrogens is 356 g/mol. The van der Waals surface area contributed by atoms with E-state index in [0.717, 1.165) is 30.2 Å². The Kier molecular flexibility index (Phi) is 6.94. The fourth-order valence-corrected chi connectivity index (χ4v) is 4.57.